The maximum Gasteiger partial charge on any atom is -0.00664 e. The summed E-state index contributed by atoms with van der Waals surface area (Å²) < 4.78 is 0. The van der Waals surface area contributed by atoms with Gasteiger partial charge in [-0.1, -0.05) is 153 Å². The molecule has 2 rings (SSSR count). The lowest BCUT2D eigenvalue weighted by atomic mass is 9.72. The van der Waals surface area contributed by atoms with Crippen LogP contribution in [0.1, 0.15) is 94.9 Å². The molecular weight excluding hydrogens is 480 g/mol. The fourth-order valence-corrected chi connectivity index (χ4v) is 5.40. The number of rotatable bonds is 10. The normalized spacial score (nSPS) is 21.6. The summed E-state index contributed by atoms with van der Waals surface area (Å²) in [6.45, 7) is 22.5. The molecule has 2 aliphatic carbocycles. The molecule has 0 amide bonds. The molecule has 0 bridgehead atoms. The van der Waals surface area contributed by atoms with Gasteiger partial charge in [0.1, 0.15) is 0 Å². The first kappa shape index (κ1) is 33.1. The molecule has 0 saturated heterocycles. The van der Waals surface area contributed by atoms with Crippen LogP contribution >= 0.6 is 0 Å². The predicted octanol–water partition coefficient (Wildman–Crippen LogP) is 12.4. The molecule has 214 valence electrons. The molecule has 40 heavy (non-hydrogen) atoms. The van der Waals surface area contributed by atoms with Crippen molar-refractivity contribution in [2.45, 2.75) is 94.9 Å². The topological polar surface area (TPSA) is 0 Å². The zero-order valence-electron chi connectivity index (χ0n) is 27.1. The Bertz CT molecular complexity index is 1260. The highest BCUT2D eigenvalue weighted by atomic mass is 14.3. The Kier molecular flexibility index (Phi) is 12.9. The van der Waals surface area contributed by atoms with Crippen LogP contribution in [-0.4, -0.2) is 0 Å². The summed E-state index contributed by atoms with van der Waals surface area (Å²) in [5.41, 5.74) is 11.3. The Labute approximate surface area is 247 Å². The van der Waals surface area contributed by atoms with E-state index in [1.165, 1.54) is 58.3 Å². The van der Waals surface area contributed by atoms with Gasteiger partial charge in [-0.05, 0) is 94.8 Å². The zero-order valence-corrected chi connectivity index (χ0v) is 27.1. The van der Waals surface area contributed by atoms with Crippen molar-refractivity contribution < 1.29 is 0 Å². The van der Waals surface area contributed by atoms with E-state index in [0.29, 0.717) is 0 Å². The lowest BCUT2D eigenvalue weighted by Gasteiger charge is -2.32. The molecule has 0 heteroatoms. The summed E-state index contributed by atoms with van der Waals surface area (Å²) in [4.78, 5) is 0. The van der Waals surface area contributed by atoms with Gasteiger partial charge in [-0.3, -0.25) is 0 Å². The molecule has 0 heterocycles. The summed E-state index contributed by atoms with van der Waals surface area (Å²) in [5, 5.41) is 0. The SMILES string of the molecule is CC1=C(/C=C/C(C)=C/C=C/C(C)=C\C=C\C=C(C)\C=C\C=C(C)\C=C\C2=C(C)CCCC2(C)C)C(C)(C)CC=C1. The second kappa shape index (κ2) is 15.6. The Morgan fingerprint density at radius 3 is 1.60 bits per heavy atom. The summed E-state index contributed by atoms with van der Waals surface area (Å²) >= 11 is 0. The average Bonchev–Trinajstić information content (AvgIpc) is 2.85. The Morgan fingerprint density at radius 2 is 1.10 bits per heavy atom. The molecule has 0 N–H and O–H groups in total. The summed E-state index contributed by atoms with van der Waals surface area (Å²) in [6.07, 6.45) is 40.0. The van der Waals surface area contributed by atoms with Crippen LogP contribution in [0.25, 0.3) is 0 Å². The molecule has 0 aromatic heterocycles. The molecule has 0 radical (unpaired) electrons. The van der Waals surface area contributed by atoms with Crippen LogP contribution in [0.4, 0.5) is 0 Å². The van der Waals surface area contributed by atoms with Crippen molar-refractivity contribution in [1.29, 1.82) is 0 Å². The third-order valence-corrected chi connectivity index (χ3v) is 7.98. The fourth-order valence-electron chi connectivity index (χ4n) is 5.40. The van der Waals surface area contributed by atoms with Gasteiger partial charge < -0.3 is 0 Å². The monoisotopic (exact) mass is 534 g/mol. The number of allylic oxidation sites excluding steroid dienone is 24. The van der Waals surface area contributed by atoms with Crippen molar-refractivity contribution in [2.75, 3.05) is 0 Å². The Balaban J connectivity index is 1.89. The first-order valence-electron chi connectivity index (χ1n) is 15.0. The van der Waals surface area contributed by atoms with Gasteiger partial charge >= 0.3 is 0 Å². The first-order chi connectivity index (χ1) is 18.8. The zero-order chi connectivity index (χ0) is 29.8. The largest absolute Gasteiger partial charge is 0.0834 e. The van der Waals surface area contributed by atoms with Crippen molar-refractivity contribution in [2.24, 2.45) is 10.8 Å². The van der Waals surface area contributed by atoms with E-state index in [0.717, 1.165) is 6.42 Å². The summed E-state index contributed by atoms with van der Waals surface area (Å²) in [7, 11) is 0. The van der Waals surface area contributed by atoms with Gasteiger partial charge in [0.2, 0.25) is 0 Å². The second-order valence-corrected chi connectivity index (χ2v) is 12.9. The Morgan fingerprint density at radius 1 is 0.625 bits per heavy atom. The van der Waals surface area contributed by atoms with Crippen molar-refractivity contribution in [1.82, 2.24) is 0 Å². The van der Waals surface area contributed by atoms with Gasteiger partial charge in [0.15, 0.2) is 0 Å². The van der Waals surface area contributed by atoms with Crippen LogP contribution in [0.15, 0.2) is 142 Å². The van der Waals surface area contributed by atoms with E-state index in [2.05, 4.69) is 166 Å². The third kappa shape index (κ3) is 11.2. The lowest BCUT2D eigenvalue weighted by Crippen LogP contribution is -2.19. The van der Waals surface area contributed by atoms with Gasteiger partial charge in [-0.2, -0.15) is 0 Å². The summed E-state index contributed by atoms with van der Waals surface area (Å²) in [5.74, 6) is 0. The van der Waals surface area contributed by atoms with Gasteiger partial charge in [0.05, 0.1) is 0 Å². The molecule has 2 aliphatic rings. The van der Waals surface area contributed by atoms with Crippen molar-refractivity contribution in [3.8, 4) is 0 Å². The number of hydrogen-bond acceptors (Lipinski definition) is 0. The second-order valence-electron chi connectivity index (χ2n) is 12.9. The van der Waals surface area contributed by atoms with E-state index < -0.39 is 0 Å². The van der Waals surface area contributed by atoms with Crippen molar-refractivity contribution >= 4 is 0 Å². The lowest BCUT2D eigenvalue weighted by molar-refractivity contribution is 0.377. The van der Waals surface area contributed by atoms with Crippen molar-refractivity contribution in [3.63, 3.8) is 0 Å². The van der Waals surface area contributed by atoms with Crippen LogP contribution in [0.5, 0.6) is 0 Å². The smallest absolute Gasteiger partial charge is 0.00664 e. The average molecular weight is 535 g/mol. The molecule has 0 fully saturated rings. The molecular formula is C40H54. The molecule has 0 unspecified atom stereocenters. The van der Waals surface area contributed by atoms with Crippen LogP contribution in [0, 0.1) is 10.8 Å². The predicted molar refractivity (Wildman–Crippen MR) is 181 cm³/mol. The maximum absolute atomic E-state index is 2.37. The number of hydrogen-bond donors (Lipinski definition) is 0. The van der Waals surface area contributed by atoms with Crippen LogP contribution in [0.3, 0.4) is 0 Å². The van der Waals surface area contributed by atoms with E-state index in [-0.39, 0.29) is 10.8 Å². The molecule has 0 atom stereocenters. The molecule has 0 nitrogen and oxygen atoms in total. The van der Waals surface area contributed by atoms with Crippen molar-refractivity contribution in [3.05, 3.63) is 142 Å². The van der Waals surface area contributed by atoms with Gasteiger partial charge in [0.25, 0.3) is 0 Å². The minimum absolute atomic E-state index is 0.204. The molecule has 0 aromatic carbocycles. The van der Waals surface area contributed by atoms with E-state index in [1.807, 2.05) is 0 Å². The van der Waals surface area contributed by atoms with Crippen LogP contribution in [-0.2, 0) is 0 Å². The molecule has 0 saturated carbocycles. The highest BCUT2D eigenvalue weighted by Crippen LogP contribution is 2.41. The van der Waals surface area contributed by atoms with Crippen LogP contribution in [0.2, 0.25) is 0 Å². The summed E-state index contributed by atoms with van der Waals surface area (Å²) in [6, 6.07) is 0. The first-order valence-corrected chi connectivity index (χ1v) is 15.0. The highest BCUT2D eigenvalue weighted by molar-refractivity contribution is 5.42. The van der Waals surface area contributed by atoms with Gasteiger partial charge in [0, 0.05) is 0 Å². The minimum Gasteiger partial charge on any atom is -0.0834 e. The highest BCUT2D eigenvalue weighted by Gasteiger charge is 2.26. The van der Waals surface area contributed by atoms with Gasteiger partial charge in [-0.15, -0.1) is 0 Å². The molecule has 0 aromatic rings. The van der Waals surface area contributed by atoms with Crippen LogP contribution < -0.4 is 0 Å². The van der Waals surface area contributed by atoms with E-state index in [9.17, 15) is 0 Å². The van der Waals surface area contributed by atoms with E-state index in [1.54, 1.807) is 5.57 Å². The standard InChI is InChI=1S/C40H54/c1-31(19-13-21-33(3)25-27-37-35(5)23-15-29-39(37,7)8)17-11-12-18-32(2)20-14-22-34(4)26-28-38-36(6)24-16-30-40(38,9)10/h11-15,17-23,25-28H,16,24,29-30H2,1-10H3/b12-11+,19-13+,20-14+,27-25+,28-26+,31-17-,32-18+,33-21+,34-22+. The van der Waals surface area contributed by atoms with E-state index >= 15 is 0 Å². The third-order valence-electron chi connectivity index (χ3n) is 7.98. The quantitative estimate of drug-likeness (QED) is 0.244. The molecule has 0 aliphatic heterocycles. The molecule has 0 spiro atoms. The minimum atomic E-state index is 0.204. The van der Waals surface area contributed by atoms with Gasteiger partial charge in [-0.25, -0.2) is 0 Å². The maximum atomic E-state index is 2.37. The Hall–Kier alpha value is -3.12. The fraction of sp³-hybridized carbons (Fsp3) is 0.400. The van der Waals surface area contributed by atoms with E-state index in [4.69, 9.17) is 0 Å².